The molecule has 1 amide bonds. The van der Waals surface area contributed by atoms with Gasteiger partial charge in [0.1, 0.15) is 0 Å². The van der Waals surface area contributed by atoms with Crippen molar-refractivity contribution < 1.29 is 14.3 Å². The van der Waals surface area contributed by atoms with Crippen LogP contribution in [0.3, 0.4) is 0 Å². The van der Waals surface area contributed by atoms with Crippen molar-refractivity contribution in [3.8, 4) is 5.88 Å². The monoisotopic (exact) mass is 318 g/mol. The van der Waals surface area contributed by atoms with Gasteiger partial charge in [0.05, 0.1) is 12.2 Å². The summed E-state index contributed by atoms with van der Waals surface area (Å²) < 4.78 is 11.0. The van der Waals surface area contributed by atoms with Crippen LogP contribution in [0.5, 0.6) is 5.88 Å². The van der Waals surface area contributed by atoms with Crippen molar-refractivity contribution in [2.75, 3.05) is 19.8 Å². The van der Waals surface area contributed by atoms with E-state index in [9.17, 15) is 4.79 Å². The smallest absolute Gasteiger partial charge is 0.253 e. The fourth-order valence-electron chi connectivity index (χ4n) is 3.39. The van der Waals surface area contributed by atoms with Crippen molar-refractivity contribution in [1.82, 2.24) is 10.3 Å². The molecule has 126 valence electrons. The lowest BCUT2D eigenvalue weighted by Gasteiger charge is -2.52. The maximum atomic E-state index is 12.4. The topological polar surface area (TPSA) is 60.5 Å². The molecule has 1 unspecified atom stereocenters. The fraction of sp³-hybridized carbons (Fsp3) is 0.667. The maximum Gasteiger partial charge on any atom is 0.253 e. The van der Waals surface area contributed by atoms with Crippen LogP contribution in [0.15, 0.2) is 18.3 Å². The quantitative estimate of drug-likeness (QED) is 0.907. The van der Waals surface area contributed by atoms with Crippen LogP contribution >= 0.6 is 0 Å². The zero-order valence-electron chi connectivity index (χ0n) is 14.0. The largest absolute Gasteiger partial charge is 0.477 e. The Morgan fingerprint density at radius 2 is 2.17 bits per heavy atom. The van der Waals surface area contributed by atoms with E-state index in [1.54, 1.807) is 18.3 Å². The van der Waals surface area contributed by atoms with E-state index in [-0.39, 0.29) is 17.4 Å². The molecule has 5 heteroatoms. The first-order valence-corrected chi connectivity index (χ1v) is 8.56. The first-order valence-electron chi connectivity index (χ1n) is 8.56. The van der Waals surface area contributed by atoms with Crippen molar-refractivity contribution in [3.63, 3.8) is 0 Å². The van der Waals surface area contributed by atoms with Gasteiger partial charge in [0.2, 0.25) is 5.88 Å². The van der Waals surface area contributed by atoms with E-state index in [0.29, 0.717) is 24.0 Å². The number of hydrogen-bond donors (Lipinski definition) is 1. The standard InChI is InChI=1S/C18H26N2O3/c1-13(2)12-23-16-4-3-14(11-19-16)17(21)20-15-5-6-18(15)7-9-22-10-8-18/h3-4,11,13,15H,5-10,12H2,1-2H3,(H,20,21). The fourth-order valence-corrected chi connectivity index (χ4v) is 3.39. The molecule has 1 atom stereocenters. The normalized spacial score (nSPS) is 22.7. The third kappa shape index (κ3) is 3.66. The van der Waals surface area contributed by atoms with Gasteiger partial charge in [-0.25, -0.2) is 4.98 Å². The molecule has 2 aliphatic rings. The van der Waals surface area contributed by atoms with E-state index in [0.717, 1.165) is 32.5 Å². The molecular formula is C18H26N2O3. The zero-order chi connectivity index (χ0) is 16.3. The predicted octanol–water partition coefficient (Wildman–Crippen LogP) is 2.81. The molecule has 23 heavy (non-hydrogen) atoms. The number of nitrogens with zero attached hydrogens (tertiary/aromatic N) is 1. The summed E-state index contributed by atoms with van der Waals surface area (Å²) in [6.45, 7) is 6.44. The van der Waals surface area contributed by atoms with Crippen molar-refractivity contribution in [2.24, 2.45) is 11.3 Å². The molecular weight excluding hydrogens is 292 g/mol. The number of amides is 1. The Morgan fingerprint density at radius 3 is 2.74 bits per heavy atom. The lowest BCUT2D eigenvalue weighted by molar-refractivity contribution is -0.0523. The Morgan fingerprint density at radius 1 is 1.39 bits per heavy atom. The average Bonchev–Trinajstić information content (AvgIpc) is 2.58. The Bertz CT molecular complexity index is 536. The summed E-state index contributed by atoms with van der Waals surface area (Å²) in [7, 11) is 0. The molecule has 2 fully saturated rings. The summed E-state index contributed by atoms with van der Waals surface area (Å²) in [6.07, 6.45) is 5.97. The number of carbonyl (C=O) groups excluding carboxylic acids is 1. The van der Waals surface area contributed by atoms with Crippen LogP contribution in [0, 0.1) is 11.3 Å². The van der Waals surface area contributed by atoms with E-state index >= 15 is 0 Å². The number of pyridine rings is 1. The van der Waals surface area contributed by atoms with Gasteiger partial charge in [0, 0.05) is 31.5 Å². The van der Waals surface area contributed by atoms with Crippen molar-refractivity contribution in [2.45, 2.75) is 45.6 Å². The SMILES string of the molecule is CC(C)COc1ccc(C(=O)NC2CCC23CCOCC3)cn1. The van der Waals surface area contributed by atoms with Crippen LogP contribution in [0.25, 0.3) is 0 Å². The van der Waals surface area contributed by atoms with Crippen LogP contribution in [0.4, 0.5) is 0 Å². The van der Waals surface area contributed by atoms with E-state index in [2.05, 4.69) is 24.1 Å². The summed E-state index contributed by atoms with van der Waals surface area (Å²) in [5.74, 6) is 0.984. The number of carbonyl (C=O) groups is 1. The van der Waals surface area contributed by atoms with Crippen LogP contribution in [0.1, 0.15) is 49.9 Å². The minimum absolute atomic E-state index is 0.0384. The minimum Gasteiger partial charge on any atom is -0.477 e. The highest BCUT2D eigenvalue weighted by Gasteiger charge is 2.47. The highest BCUT2D eigenvalue weighted by Crippen LogP contribution is 2.48. The lowest BCUT2D eigenvalue weighted by Crippen LogP contribution is -2.57. The Hall–Kier alpha value is -1.62. The lowest BCUT2D eigenvalue weighted by atomic mass is 9.60. The van der Waals surface area contributed by atoms with Crippen molar-refractivity contribution >= 4 is 5.91 Å². The number of rotatable bonds is 5. The summed E-state index contributed by atoms with van der Waals surface area (Å²) in [6, 6.07) is 3.83. The number of ether oxygens (including phenoxy) is 2. The average molecular weight is 318 g/mol. The Kier molecular flexibility index (Phi) is 4.85. The summed E-state index contributed by atoms with van der Waals surface area (Å²) in [5.41, 5.74) is 0.859. The van der Waals surface area contributed by atoms with Gasteiger partial charge in [-0.3, -0.25) is 4.79 Å². The van der Waals surface area contributed by atoms with Crippen molar-refractivity contribution in [1.29, 1.82) is 0 Å². The molecule has 1 aromatic heterocycles. The van der Waals surface area contributed by atoms with Gasteiger partial charge in [0.25, 0.3) is 5.91 Å². The van der Waals surface area contributed by atoms with Gasteiger partial charge in [0.15, 0.2) is 0 Å². The molecule has 1 aromatic rings. The summed E-state index contributed by atoms with van der Waals surface area (Å²) in [5, 5.41) is 3.19. The van der Waals surface area contributed by atoms with Gasteiger partial charge >= 0.3 is 0 Å². The molecule has 1 saturated carbocycles. The molecule has 1 aliphatic heterocycles. The zero-order valence-corrected chi connectivity index (χ0v) is 14.0. The van der Waals surface area contributed by atoms with Gasteiger partial charge in [-0.2, -0.15) is 0 Å². The third-order valence-electron chi connectivity index (χ3n) is 5.03. The highest BCUT2D eigenvalue weighted by atomic mass is 16.5. The van der Waals surface area contributed by atoms with Gasteiger partial charge in [-0.05, 0) is 43.1 Å². The van der Waals surface area contributed by atoms with Crippen LogP contribution in [0.2, 0.25) is 0 Å². The number of nitrogens with one attached hydrogen (secondary N) is 1. The summed E-state index contributed by atoms with van der Waals surface area (Å²) >= 11 is 0. The number of aromatic nitrogens is 1. The molecule has 5 nitrogen and oxygen atoms in total. The van der Waals surface area contributed by atoms with E-state index in [4.69, 9.17) is 9.47 Å². The Balaban J connectivity index is 1.56. The minimum atomic E-state index is -0.0384. The van der Waals surface area contributed by atoms with Gasteiger partial charge in [-0.1, -0.05) is 13.8 Å². The molecule has 1 saturated heterocycles. The molecule has 1 spiro atoms. The van der Waals surface area contributed by atoms with Gasteiger partial charge < -0.3 is 14.8 Å². The molecule has 0 bridgehead atoms. The molecule has 2 heterocycles. The second-order valence-corrected chi connectivity index (χ2v) is 7.13. The molecule has 0 aromatic carbocycles. The second-order valence-electron chi connectivity index (χ2n) is 7.13. The Labute approximate surface area is 137 Å². The molecule has 0 radical (unpaired) electrons. The van der Waals surface area contributed by atoms with E-state index < -0.39 is 0 Å². The maximum absolute atomic E-state index is 12.4. The van der Waals surface area contributed by atoms with Crippen molar-refractivity contribution in [3.05, 3.63) is 23.9 Å². The second kappa shape index (κ2) is 6.87. The molecule has 1 aliphatic carbocycles. The predicted molar refractivity (Wildman–Crippen MR) is 87.5 cm³/mol. The third-order valence-corrected chi connectivity index (χ3v) is 5.03. The summed E-state index contributed by atoms with van der Waals surface area (Å²) in [4.78, 5) is 16.7. The number of hydrogen-bond acceptors (Lipinski definition) is 4. The molecule has 3 rings (SSSR count). The molecule has 1 N–H and O–H groups in total. The van der Waals surface area contributed by atoms with Crippen LogP contribution in [-0.4, -0.2) is 36.8 Å². The first kappa shape index (κ1) is 16.2. The highest BCUT2D eigenvalue weighted by molar-refractivity contribution is 5.94. The van der Waals surface area contributed by atoms with E-state index in [1.165, 1.54) is 6.42 Å². The van der Waals surface area contributed by atoms with Crippen LogP contribution < -0.4 is 10.1 Å². The van der Waals surface area contributed by atoms with E-state index in [1.807, 2.05) is 0 Å². The first-order chi connectivity index (χ1) is 11.1. The van der Waals surface area contributed by atoms with Crippen LogP contribution in [-0.2, 0) is 4.74 Å². The van der Waals surface area contributed by atoms with Gasteiger partial charge in [-0.15, -0.1) is 0 Å².